The van der Waals surface area contributed by atoms with E-state index in [9.17, 15) is 4.79 Å². The monoisotopic (exact) mass is 273 g/mol. The van der Waals surface area contributed by atoms with Crippen LogP contribution in [0.25, 0.3) is 0 Å². The van der Waals surface area contributed by atoms with E-state index in [1.807, 2.05) is 25.2 Å². The van der Waals surface area contributed by atoms with Crippen molar-refractivity contribution in [2.75, 3.05) is 19.4 Å². The lowest BCUT2D eigenvalue weighted by Crippen LogP contribution is -2.09. The number of esters is 1. The number of nitrogens with one attached hydrogen (secondary N) is 1. The number of halogens is 1. The molecule has 1 aromatic rings. The molecule has 0 amide bonds. The van der Waals surface area contributed by atoms with Gasteiger partial charge in [0.2, 0.25) is 0 Å². The average molecular weight is 274 g/mol. The summed E-state index contributed by atoms with van der Waals surface area (Å²) >= 11 is 7.54. The first kappa shape index (κ1) is 14.4. The van der Waals surface area contributed by atoms with Crippen LogP contribution < -0.4 is 5.32 Å². The molecule has 17 heavy (non-hydrogen) atoms. The number of hydrogen-bond donors (Lipinski definition) is 1. The molecule has 0 radical (unpaired) electrons. The summed E-state index contributed by atoms with van der Waals surface area (Å²) < 4.78 is 4.88. The molecule has 5 heteroatoms. The van der Waals surface area contributed by atoms with E-state index in [2.05, 4.69) is 5.32 Å². The van der Waals surface area contributed by atoms with E-state index in [4.69, 9.17) is 16.3 Å². The quantitative estimate of drug-likeness (QED) is 0.639. The second-order valence-corrected chi connectivity index (χ2v) is 4.74. The van der Waals surface area contributed by atoms with E-state index in [-0.39, 0.29) is 11.7 Å². The van der Waals surface area contributed by atoms with Gasteiger partial charge < -0.3 is 10.1 Å². The Morgan fingerprint density at radius 3 is 2.94 bits per heavy atom. The summed E-state index contributed by atoms with van der Waals surface area (Å²) in [5.74, 6) is 0.0710. The van der Waals surface area contributed by atoms with Crippen LogP contribution in [0.3, 0.4) is 0 Å². The molecule has 0 aliphatic heterocycles. The van der Waals surface area contributed by atoms with Crippen LogP contribution in [0.15, 0.2) is 23.1 Å². The molecule has 0 aliphatic carbocycles. The number of thioether (sulfide) groups is 1. The summed E-state index contributed by atoms with van der Waals surface area (Å²) in [6.45, 7) is 2.93. The molecular formula is C12H16ClNO2S. The summed E-state index contributed by atoms with van der Waals surface area (Å²) in [5, 5.41) is 3.75. The Kier molecular flexibility index (Phi) is 6.40. The lowest BCUT2D eigenvalue weighted by Gasteiger charge is -2.10. The fourth-order valence-corrected chi connectivity index (χ4v) is 2.61. The largest absolute Gasteiger partial charge is 0.465 e. The van der Waals surface area contributed by atoms with Gasteiger partial charge in [-0.15, -0.1) is 11.8 Å². The Morgan fingerprint density at radius 1 is 1.53 bits per heavy atom. The van der Waals surface area contributed by atoms with E-state index in [0.717, 1.165) is 17.0 Å². The standard InChI is InChI=1S/C12H16ClNO2S/c1-3-16-11(15)8-17-12-9(7-14-2)5-4-6-10(12)13/h4-6,14H,3,7-8H2,1-2H3. The molecular weight excluding hydrogens is 258 g/mol. The average Bonchev–Trinajstić information content (AvgIpc) is 2.29. The predicted molar refractivity (Wildman–Crippen MR) is 71.6 cm³/mol. The number of rotatable bonds is 6. The highest BCUT2D eigenvalue weighted by atomic mass is 35.5. The van der Waals surface area contributed by atoms with Crippen molar-refractivity contribution < 1.29 is 9.53 Å². The Labute approximate surface area is 111 Å². The third-order valence-electron chi connectivity index (χ3n) is 2.06. The van der Waals surface area contributed by atoms with E-state index >= 15 is 0 Å². The fraction of sp³-hybridized carbons (Fsp3) is 0.417. The van der Waals surface area contributed by atoms with Gasteiger partial charge in [-0.3, -0.25) is 4.79 Å². The van der Waals surface area contributed by atoms with Crippen LogP contribution in [0.2, 0.25) is 5.02 Å². The summed E-state index contributed by atoms with van der Waals surface area (Å²) in [7, 11) is 1.88. The molecule has 1 aromatic carbocycles. The van der Waals surface area contributed by atoms with Gasteiger partial charge in [-0.2, -0.15) is 0 Å². The predicted octanol–water partition coefficient (Wildman–Crippen LogP) is 2.71. The van der Waals surface area contributed by atoms with Crippen molar-refractivity contribution >= 4 is 29.3 Å². The molecule has 0 atom stereocenters. The molecule has 0 saturated heterocycles. The van der Waals surface area contributed by atoms with Gasteiger partial charge in [0.1, 0.15) is 0 Å². The smallest absolute Gasteiger partial charge is 0.316 e. The van der Waals surface area contributed by atoms with Gasteiger partial charge in [0.05, 0.1) is 17.4 Å². The highest BCUT2D eigenvalue weighted by molar-refractivity contribution is 8.00. The minimum absolute atomic E-state index is 0.215. The molecule has 94 valence electrons. The van der Waals surface area contributed by atoms with E-state index in [1.54, 1.807) is 6.92 Å². The third kappa shape index (κ3) is 4.58. The lowest BCUT2D eigenvalue weighted by molar-refractivity contribution is -0.139. The van der Waals surface area contributed by atoms with Gasteiger partial charge in [-0.25, -0.2) is 0 Å². The van der Waals surface area contributed by atoms with Crippen LogP contribution in [0.5, 0.6) is 0 Å². The Balaban J connectivity index is 2.71. The van der Waals surface area contributed by atoms with Crippen LogP contribution in [0.1, 0.15) is 12.5 Å². The normalized spacial score (nSPS) is 10.3. The minimum atomic E-state index is -0.215. The summed E-state index contributed by atoms with van der Waals surface area (Å²) in [4.78, 5) is 12.2. The van der Waals surface area contributed by atoms with Crippen molar-refractivity contribution in [1.29, 1.82) is 0 Å². The Morgan fingerprint density at radius 2 is 2.29 bits per heavy atom. The van der Waals surface area contributed by atoms with Crippen LogP contribution >= 0.6 is 23.4 Å². The van der Waals surface area contributed by atoms with Crippen LogP contribution in [-0.4, -0.2) is 25.4 Å². The number of ether oxygens (including phenoxy) is 1. The highest BCUT2D eigenvalue weighted by Crippen LogP contribution is 2.30. The van der Waals surface area contributed by atoms with Gasteiger partial charge in [-0.05, 0) is 25.6 Å². The molecule has 0 unspecified atom stereocenters. The molecule has 0 aliphatic rings. The van der Waals surface area contributed by atoms with E-state index in [0.29, 0.717) is 11.6 Å². The molecule has 0 heterocycles. The Hall–Kier alpha value is -0.710. The zero-order chi connectivity index (χ0) is 12.7. The molecule has 0 fully saturated rings. The maximum absolute atomic E-state index is 11.3. The first-order chi connectivity index (χ1) is 8.19. The van der Waals surface area contributed by atoms with Crippen LogP contribution in [0, 0.1) is 0 Å². The lowest BCUT2D eigenvalue weighted by atomic mass is 10.2. The second-order valence-electron chi connectivity index (χ2n) is 3.35. The maximum Gasteiger partial charge on any atom is 0.316 e. The first-order valence-electron chi connectivity index (χ1n) is 5.39. The zero-order valence-corrected chi connectivity index (χ0v) is 11.5. The molecule has 1 rings (SSSR count). The molecule has 0 spiro atoms. The Bertz CT molecular complexity index is 385. The maximum atomic E-state index is 11.3. The number of carbonyl (C=O) groups is 1. The van der Waals surface area contributed by atoms with Crippen LogP contribution in [0.4, 0.5) is 0 Å². The zero-order valence-electron chi connectivity index (χ0n) is 9.96. The molecule has 0 aromatic heterocycles. The van der Waals surface area contributed by atoms with Gasteiger partial charge in [0.15, 0.2) is 0 Å². The van der Waals surface area contributed by atoms with Crippen molar-refractivity contribution in [3.63, 3.8) is 0 Å². The van der Waals surface area contributed by atoms with Crippen molar-refractivity contribution in [1.82, 2.24) is 5.32 Å². The highest BCUT2D eigenvalue weighted by Gasteiger charge is 2.10. The molecule has 0 saturated carbocycles. The minimum Gasteiger partial charge on any atom is -0.465 e. The topological polar surface area (TPSA) is 38.3 Å². The van der Waals surface area contributed by atoms with E-state index < -0.39 is 0 Å². The van der Waals surface area contributed by atoms with Gasteiger partial charge in [0.25, 0.3) is 0 Å². The van der Waals surface area contributed by atoms with E-state index in [1.165, 1.54) is 11.8 Å². The summed E-state index contributed by atoms with van der Waals surface area (Å²) in [5.41, 5.74) is 1.09. The fourth-order valence-electron chi connectivity index (χ4n) is 1.38. The second kappa shape index (κ2) is 7.58. The van der Waals surface area contributed by atoms with Crippen molar-refractivity contribution in [2.24, 2.45) is 0 Å². The van der Waals surface area contributed by atoms with Crippen molar-refractivity contribution in [3.8, 4) is 0 Å². The van der Waals surface area contributed by atoms with Gasteiger partial charge in [-0.1, -0.05) is 23.7 Å². The molecule has 3 nitrogen and oxygen atoms in total. The van der Waals surface area contributed by atoms with Gasteiger partial charge >= 0.3 is 5.97 Å². The number of carbonyl (C=O) groups excluding carboxylic acids is 1. The SMILES string of the molecule is CCOC(=O)CSc1c(Cl)cccc1CNC. The first-order valence-corrected chi connectivity index (χ1v) is 6.75. The van der Waals surface area contributed by atoms with Crippen molar-refractivity contribution in [2.45, 2.75) is 18.4 Å². The summed E-state index contributed by atoms with van der Waals surface area (Å²) in [6, 6.07) is 5.73. The summed E-state index contributed by atoms with van der Waals surface area (Å²) in [6.07, 6.45) is 0. The third-order valence-corrected chi connectivity index (χ3v) is 3.63. The van der Waals surface area contributed by atoms with Crippen LogP contribution in [-0.2, 0) is 16.1 Å². The number of hydrogen-bond acceptors (Lipinski definition) is 4. The molecule has 1 N–H and O–H groups in total. The van der Waals surface area contributed by atoms with Gasteiger partial charge in [0, 0.05) is 11.4 Å². The van der Waals surface area contributed by atoms with Crippen molar-refractivity contribution in [3.05, 3.63) is 28.8 Å². The molecule has 0 bridgehead atoms. The number of benzene rings is 1.